The average Bonchev–Trinajstić information content (AvgIpc) is 2.93. The summed E-state index contributed by atoms with van der Waals surface area (Å²) in [5.41, 5.74) is 1.16. The van der Waals surface area contributed by atoms with Crippen molar-refractivity contribution in [2.75, 3.05) is 18.1 Å². The van der Waals surface area contributed by atoms with E-state index in [9.17, 15) is 9.18 Å². The van der Waals surface area contributed by atoms with Crippen molar-refractivity contribution in [3.63, 3.8) is 0 Å². The Balaban J connectivity index is 1.94. The Morgan fingerprint density at radius 3 is 2.61 bits per heavy atom. The normalized spacial score (nSPS) is 15.4. The zero-order valence-corrected chi connectivity index (χ0v) is 17.6. The van der Waals surface area contributed by atoms with Gasteiger partial charge in [-0.3, -0.25) is 9.69 Å². The number of carbonyl (C=O) groups is 1. The maximum absolute atomic E-state index is 13.4. The summed E-state index contributed by atoms with van der Waals surface area (Å²) in [6.07, 6.45) is 1.73. The summed E-state index contributed by atoms with van der Waals surface area (Å²) >= 11 is 12.4. The van der Waals surface area contributed by atoms with Crippen molar-refractivity contribution < 1.29 is 18.7 Å². The van der Waals surface area contributed by atoms with Crippen LogP contribution in [0, 0.1) is 5.82 Å². The smallest absolute Gasteiger partial charge is 0.270 e. The molecule has 2 aromatic rings. The molecule has 0 bridgehead atoms. The minimum atomic E-state index is -0.554. The Hall–Kier alpha value is -2.09. The Morgan fingerprint density at radius 1 is 1.18 bits per heavy atom. The molecule has 0 unspecified atom stereocenters. The van der Waals surface area contributed by atoms with Crippen molar-refractivity contribution >= 4 is 57.6 Å². The summed E-state index contributed by atoms with van der Waals surface area (Å²) in [6, 6.07) is 9.50. The summed E-state index contributed by atoms with van der Waals surface area (Å²) < 4.78 is 25.0. The van der Waals surface area contributed by atoms with E-state index in [4.69, 9.17) is 33.3 Å². The minimum absolute atomic E-state index is 0.0688. The van der Waals surface area contributed by atoms with Gasteiger partial charge in [0.1, 0.15) is 17.3 Å². The molecule has 0 spiro atoms. The molecular weight excluding hydrogens is 421 g/mol. The van der Waals surface area contributed by atoms with Gasteiger partial charge in [0.05, 0.1) is 28.8 Å². The molecule has 0 radical (unpaired) electrons. The van der Waals surface area contributed by atoms with Gasteiger partial charge in [-0.05, 0) is 50.3 Å². The number of nitrogens with zero attached hydrogens (tertiary/aromatic N) is 1. The van der Waals surface area contributed by atoms with E-state index in [0.717, 1.165) is 5.56 Å². The zero-order chi connectivity index (χ0) is 20.3. The Kier molecular flexibility index (Phi) is 6.59. The van der Waals surface area contributed by atoms with E-state index < -0.39 is 5.82 Å². The molecule has 1 amide bonds. The van der Waals surface area contributed by atoms with E-state index in [1.165, 1.54) is 34.9 Å². The number of amides is 1. The van der Waals surface area contributed by atoms with Crippen LogP contribution < -0.4 is 14.4 Å². The standard InChI is InChI=1S/C20H17ClFNO3S2/c1-3-25-14-7-5-12(17(11-14)26-4-2)9-18-19(24)23(20(27)28-18)13-6-8-16(22)15(21)10-13/h5-11H,3-4H2,1-2H3/b18-9+. The van der Waals surface area contributed by atoms with Gasteiger partial charge < -0.3 is 9.47 Å². The van der Waals surface area contributed by atoms with Gasteiger partial charge in [0.2, 0.25) is 0 Å². The van der Waals surface area contributed by atoms with E-state index >= 15 is 0 Å². The minimum Gasteiger partial charge on any atom is -0.494 e. The van der Waals surface area contributed by atoms with Gasteiger partial charge in [-0.2, -0.15) is 0 Å². The van der Waals surface area contributed by atoms with Gasteiger partial charge in [-0.25, -0.2) is 4.39 Å². The number of rotatable bonds is 6. The fourth-order valence-electron chi connectivity index (χ4n) is 2.63. The number of hydrogen-bond donors (Lipinski definition) is 0. The number of anilines is 1. The molecule has 1 fully saturated rings. The van der Waals surface area contributed by atoms with Crippen molar-refractivity contribution in [3.8, 4) is 11.5 Å². The van der Waals surface area contributed by atoms with Gasteiger partial charge in [0, 0.05) is 11.6 Å². The van der Waals surface area contributed by atoms with Crippen LogP contribution in [0.2, 0.25) is 5.02 Å². The van der Waals surface area contributed by atoms with Crippen LogP contribution in [0.5, 0.6) is 11.5 Å². The van der Waals surface area contributed by atoms with Crippen LogP contribution in [0.25, 0.3) is 6.08 Å². The van der Waals surface area contributed by atoms with Crippen molar-refractivity contribution in [3.05, 3.63) is 57.7 Å². The van der Waals surface area contributed by atoms with Crippen LogP contribution in [0.15, 0.2) is 41.3 Å². The lowest BCUT2D eigenvalue weighted by Gasteiger charge is -2.15. The first-order valence-electron chi connectivity index (χ1n) is 8.57. The second-order valence-electron chi connectivity index (χ2n) is 5.68. The van der Waals surface area contributed by atoms with E-state index in [-0.39, 0.29) is 10.9 Å². The molecule has 0 saturated carbocycles. The van der Waals surface area contributed by atoms with Gasteiger partial charge in [0.25, 0.3) is 5.91 Å². The van der Waals surface area contributed by atoms with E-state index in [1.807, 2.05) is 26.0 Å². The highest BCUT2D eigenvalue weighted by molar-refractivity contribution is 8.27. The summed E-state index contributed by atoms with van der Waals surface area (Å²) in [4.78, 5) is 14.7. The third-order valence-corrected chi connectivity index (χ3v) is 5.43. The number of thiocarbonyl (C=S) groups is 1. The zero-order valence-electron chi connectivity index (χ0n) is 15.2. The number of benzene rings is 2. The van der Waals surface area contributed by atoms with Gasteiger partial charge in [-0.15, -0.1) is 0 Å². The molecule has 8 heteroatoms. The molecule has 28 heavy (non-hydrogen) atoms. The lowest BCUT2D eigenvalue weighted by Crippen LogP contribution is -2.27. The van der Waals surface area contributed by atoms with Crippen molar-refractivity contribution in [2.45, 2.75) is 13.8 Å². The molecule has 0 aliphatic carbocycles. The monoisotopic (exact) mass is 437 g/mol. The third kappa shape index (κ3) is 4.32. The SMILES string of the molecule is CCOc1ccc(/C=C2/SC(=S)N(c3ccc(F)c(Cl)c3)C2=O)c(OCC)c1. The quantitative estimate of drug-likeness (QED) is 0.429. The lowest BCUT2D eigenvalue weighted by molar-refractivity contribution is -0.113. The maximum atomic E-state index is 13.4. The number of thioether (sulfide) groups is 1. The van der Waals surface area contributed by atoms with E-state index in [2.05, 4.69) is 0 Å². The van der Waals surface area contributed by atoms with Crippen LogP contribution in [0.4, 0.5) is 10.1 Å². The van der Waals surface area contributed by atoms with Gasteiger partial charge >= 0.3 is 0 Å². The first kappa shape index (κ1) is 20.6. The molecule has 0 atom stereocenters. The highest BCUT2D eigenvalue weighted by atomic mass is 35.5. The number of carbonyl (C=O) groups excluding carboxylic acids is 1. The van der Waals surface area contributed by atoms with Crippen molar-refractivity contribution in [1.82, 2.24) is 0 Å². The summed E-state index contributed by atoms with van der Waals surface area (Å²) in [6.45, 7) is 4.81. The van der Waals surface area contributed by atoms with Crippen LogP contribution in [0.1, 0.15) is 19.4 Å². The van der Waals surface area contributed by atoms with E-state index in [0.29, 0.717) is 39.6 Å². The van der Waals surface area contributed by atoms with E-state index in [1.54, 1.807) is 12.1 Å². The molecule has 146 valence electrons. The fourth-order valence-corrected chi connectivity index (χ4v) is 4.09. The molecule has 1 saturated heterocycles. The van der Waals surface area contributed by atoms with Crippen LogP contribution in [-0.2, 0) is 4.79 Å². The molecule has 1 heterocycles. The van der Waals surface area contributed by atoms with Crippen molar-refractivity contribution in [1.29, 1.82) is 0 Å². The molecule has 2 aromatic carbocycles. The Morgan fingerprint density at radius 2 is 1.93 bits per heavy atom. The topological polar surface area (TPSA) is 38.8 Å². The number of ether oxygens (including phenoxy) is 2. The molecular formula is C20H17ClFNO3S2. The van der Waals surface area contributed by atoms with Gasteiger partial charge in [-0.1, -0.05) is 35.6 Å². The molecule has 0 N–H and O–H groups in total. The van der Waals surface area contributed by atoms with Crippen molar-refractivity contribution in [2.24, 2.45) is 0 Å². The molecule has 0 aromatic heterocycles. The molecule has 4 nitrogen and oxygen atoms in total. The Bertz CT molecular complexity index is 964. The second kappa shape index (κ2) is 8.94. The molecule has 3 rings (SSSR count). The molecule has 1 aliphatic rings. The van der Waals surface area contributed by atoms with Crippen LogP contribution in [0.3, 0.4) is 0 Å². The highest BCUT2D eigenvalue weighted by Gasteiger charge is 2.33. The molecule has 1 aliphatic heterocycles. The number of hydrogen-bond acceptors (Lipinski definition) is 5. The Labute approximate surface area is 177 Å². The predicted octanol–water partition coefficient (Wildman–Crippen LogP) is 5.68. The summed E-state index contributed by atoms with van der Waals surface area (Å²) in [5, 5.41) is -0.0688. The van der Waals surface area contributed by atoms with Gasteiger partial charge in [0.15, 0.2) is 4.32 Å². The summed E-state index contributed by atoms with van der Waals surface area (Å²) in [7, 11) is 0. The largest absolute Gasteiger partial charge is 0.494 e. The first-order valence-corrected chi connectivity index (χ1v) is 10.2. The summed E-state index contributed by atoms with van der Waals surface area (Å²) in [5.74, 6) is 0.455. The predicted molar refractivity (Wildman–Crippen MR) is 116 cm³/mol. The number of halogens is 2. The maximum Gasteiger partial charge on any atom is 0.270 e. The average molecular weight is 438 g/mol. The third-order valence-electron chi connectivity index (χ3n) is 3.84. The first-order chi connectivity index (χ1) is 13.4. The van der Waals surface area contributed by atoms with Crippen LogP contribution in [-0.4, -0.2) is 23.4 Å². The fraction of sp³-hybridized carbons (Fsp3) is 0.200. The van der Waals surface area contributed by atoms with Crippen LogP contribution >= 0.6 is 35.6 Å². The second-order valence-corrected chi connectivity index (χ2v) is 7.76. The highest BCUT2D eigenvalue weighted by Crippen LogP contribution is 2.38. The lowest BCUT2D eigenvalue weighted by atomic mass is 10.1.